The normalized spacial score (nSPS) is 10.8. The van der Waals surface area contributed by atoms with Crippen molar-refractivity contribution in [3.05, 3.63) is 39.3 Å². The number of benzene rings is 1. The summed E-state index contributed by atoms with van der Waals surface area (Å²) in [5.41, 5.74) is 8.12. The van der Waals surface area contributed by atoms with Gasteiger partial charge in [0.2, 0.25) is 0 Å². The fraction of sp³-hybridized carbons (Fsp3) is 0.222. The lowest BCUT2D eigenvalue weighted by Crippen LogP contribution is -2.03. The van der Waals surface area contributed by atoms with Crippen molar-refractivity contribution in [2.24, 2.45) is 5.11 Å². The van der Waals surface area contributed by atoms with Crippen LogP contribution in [0.25, 0.3) is 10.4 Å². The van der Waals surface area contributed by atoms with Crippen molar-refractivity contribution < 1.29 is 22.2 Å². The van der Waals surface area contributed by atoms with E-state index in [9.17, 15) is 17.1 Å². The van der Waals surface area contributed by atoms with Gasteiger partial charge in [0.25, 0.3) is 0 Å². The Hall–Kier alpha value is -2.12. The zero-order chi connectivity index (χ0) is 13.9. The molecule has 0 aromatic heterocycles. The number of hydrogen-bond acceptors (Lipinski definition) is 4. The van der Waals surface area contributed by atoms with Gasteiger partial charge in [0.15, 0.2) is 0 Å². The topological polar surface area (TPSA) is 120 Å². The fourth-order valence-corrected chi connectivity index (χ4v) is 1.98. The van der Waals surface area contributed by atoms with Crippen LogP contribution in [0.5, 0.6) is 0 Å². The van der Waals surface area contributed by atoms with Crippen LogP contribution in [0.15, 0.2) is 17.2 Å². The Balaban J connectivity index is 3.47. The Labute approximate surface area is 102 Å². The second-order valence-electron chi connectivity index (χ2n) is 3.47. The Kier molecular flexibility index (Phi) is 3.89. The molecule has 96 valence electrons. The average Bonchev–Trinajstić information content (AvgIpc) is 2.20. The van der Waals surface area contributed by atoms with E-state index in [0.29, 0.717) is 0 Å². The maximum Gasteiger partial charge on any atom is 0.335 e. The molecule has 18 heavy (non-hydrogen) atoms. The number of halogens is 1. The molecule has 0 fully saturated rings. The molecule has 0 bridgehead atoms. The molecule has 1 N–H and O–H groups in total. The summed E-state index contributed by atoms with van der Waals surface area (Å²) in [6, 6.07) is 2.17. The number of hydrogen-bond donors (Lipinski definition) is 1. The van der Waals surface area contributed by atoms with Gasteiger partial charge in [-0.15, -0.1) is 3.89 Å². The van der Waals surface area contributed by atoms with Gasteiger partial charge < -0.3 is 5.11 Å². The fourth-order valence-electron chi connectivity index (χ4n) is 1.41. The summed E-state index contributed by atoms with van der Waals surface area (Å²) in [7, 11) is -4.79. The van der Waals surface area contributed by atoms with Gasteiger partial charge in [0, 0.05) is 10.6 Å². The van der Waals surface area contributed by atoms with Crippen LogP contribution in [0, 0.1) is 6.92 Å². The standard InChI is InChI=1S/C9H8FN3O4S/c1-5-7(9(14)15)2-6(4-18(10,16)17)3-8(5)12-13-11/h2-3H,4H2,1H3,(H,14,15). The molecule has 1 aromatic carbocycles. The molecule has 1 aromatic rings. The van der Waals surface area contributed by atoms with Gasteiger partial charge in [0.1, 0.15) is 5.75 Å². The molecule has 0 aliphatic heterocycles. The number of carboxylic acids is 1. The highest BCUT2D eigenvalue weighted by Gasteiger charge is 2.16. The number of nitrogens with zero attached hydrogens (tertiary/aromatic N) is 3. The van der Waals surface area contributed by atoms with E-state index < -0.39 is 21.9 Å². The van der Waals surface area contributed by atoms with Gasteiger partial charge in [0.05, 0.1) is 5.56 Å². The van der Waals surface area contributed by atoms with Crippen molar-refractivity contribution >= 4 is 21.9 Å². The minimum absolute atomic E-state index is 0.0453. The molecular weight excluding hydrogens is 265 g/mol. The summed E-state index contributed by atoms with van der Waals surface area (Å²) in [6.45, 7) is 1.40. The van der Waals surface area contributed by atoms with Crippen molar-refractivity contribution in [2.75, 3.05) is 0 Å². The Morgan fingerprint density at radius 1 is 1.56 bits per heavy atom. The zero-order valence-corrected chi connectivity index (χ0v) is 9.98. The van der Waals surface area contributed by atoms with Gasteiger partial charge >= 0.3 is 16.2 Å². The zero-order valence-electron chi connectivity index (χ0n) is 9.16. The average molecular weight is 273 g/mol. The number of rotatable bonds is 4. The number of carboxylic acid groups (broad SMARTS) is 1. The minimum Gasteiger partial charge on any atom is -0.478 e. The van der Waals surface area contributed by atoms with E-state index in [1.54, 1.807) is 0 Å². The molecule has 0 radical (unpaired) electrons. The first-order valence-electron chi connectivity index (χ1n) is 4.59. The molecule has 0 spiro atoms. The summed E-state index contributed by atoms with van der Waals surface area (Å²) in [5.74, 6) is -2.29. The molecule has 1 rings (SSSR count). The largest absolute Gasteiger partial charge is 0.478 e. The second kappa shape index (κ2) is 5.03. The molecule has 7 nitrogen and oxygen atoms in total. The summed E-state index contributed by atoms with van der Waals surface area (Å²) in [6.07, 6.45) is 0. The van der Waals surface area contributed by atoms with Crippen molar-refractivity contribution in [3.8, 4) is 0 Å². The van der Waals surface area contributed by atoms with E-state index in [0.717, 1.165) is 12.1 Å². The van der Waals surface area contributed by atoms with Gasteiger partial charge in [-0.1, -0.05) is 5.11 Å². The maximum atomic E-state index is 12.5. The lowest BCUT2D eigenvalue weighted by molar-refractivity contribution is 0.0696. The summed E-state index contributed by atoms with van der Waals surface area (Å²) < 4.78 is 33.6. The van der Waals surface area contributed by atoms with Crippen LogP contribution in [0.2, 0.25) is 0 Å². The van der Waals surface area contributed by atoms with Crippen LogP contribution in [0.1, 0.15) is 21.5 Å². The third kappa shape index (κ3) is 3.44. The van der Waals surface area contributed by atoms with Gasteiger partial charge in [-0.25, -0.2) is 4.79 Å². The van der Waals surface area contributed by atoms with Crippen molar-refractivity contribution in [1.29, 1.82) is 0 Å². The van der Waals surface area contributed by atoms with E-state index in [2.05, 4.69) is 10.0 Å². The predicted molar refractivity (Wildman–Crippen MR) is 60.7 cm³/mol. The molecule has 0 unspecified atom stereocenters. The van der Waals surface area contributed by atoms with Gasteiger partial charge in [-0.05, 0) is 35.7 Å². The third-order valence-electron chi connectivity index (χ3n) is 2.16. The minimum atomic E-state index is -4.79. The number of azide groups is 1. The van der Waals surface area contributed by atoms with Crippen LogP contribution in [0.3, 0.4) is 0 Å². The maximum absolute atomic E-state index is 12.5. The third-order valence-corrected chi connectivity index (χ3v) is 2.84. The van der Waals surface area contributed by atoms with Crippen LogP contribution >= 0.6 is 0 Å². The molecule has 0 aliphatic rings. The quantitative estimate of drug-likeness (QED) is 0.392. The summed E-state index contributed by atoms with van der Waals surface area (Å²) in [5, 5.41) is 12.1. The predicted octanol–water partition coefficient (Wildman–Crippen LogP) is 2.43. The van der Waals surface area contributed by atoms with Crippen molar-refractivity contribution in [2.45, 2.75) is 12.7 Å². The van der Waals surface area contributed by atoms with E-state index in [1.165, 1.54) is 6.92 Å². The monoisotopic (exact) mass is 273 g/mol. The number of carbonyl (C=O) groups is 1. The highest BCUT2D eigenvalue weighted by Crippen LogP contribution is 2.26. The first-order valence-corrected chi connectivity index (χ1v) is 6.14. The van der Waals surface area contributed by atoms with E-state index >= 15 is 0 Å². The first kappa shape index (κ1) is 13.9. The van der Waals surface area contributed by atoms with Crippen LogP contribution in [-0.2, 0) is 16.0 Å². The highest BCUT2D eigenvalue weighted by molar-refractivity contribution is 7.85. The smallest absolute Gasteiger partial charge is 0.335 e. The van der Waals surface area contributed by atoms with E-state index in [4.69, 9.17) is 10.6 Å². The van der Waals surface area contributed by atoms with Crippen LogP contribution in [0.4, 0.5) is 9.57 Å². The Morgan fingerprint density at radius 2 is 2.17 bits per heavy atom. The number of aromatic carboxylic acids is 1. The van der Waals surface area contributed by atoms with Crippen LogP contribution < -0.4 is 0 Å². The molecule has 0 heterocycles. The van der Waals surface area contributed by atoms with Gasteiger partial charge in [-0.3, -0.25) is 0 Å². The summed E-state index contributed by atoms with van der Waals surface area (Å²) in [4.78, 5) is 13.4. The molecule has 0 atom stereocenters. The highest BCUT2D eigenvalue weighted by atomic mass is 32.3. The lowest BCUT2D eigenvalue weighted by Gasteiger charge is -2.07. The SMILES string of the molecule is Cc1c(N=[N+]=[N-])cc(CS(=O)(=O)F)cc1C(=O)O. The van der Waals surface area contributed by atoms with Crippen molar-refractivity contribution in [3.63, 3.8) is 0 Å². The van der Waals surface area contributed by atoms with Gasteiger partial charge in [-0.2, -0.15) is 8.42 Å². The molecular formula is C9H8FN3O4S. The Bertz CT molecular complexity index is 627. The Morgan fingerprint density at radius 3 is 2.61 bits per heavy atom. The molecule has 0 aliphatic carbocycles. The molecule has 0 amide bonds. The second-order valence-corrected chi connectivity index (χ2v) is 4.83. The van der Waals surface area contributed by atoms with Crippen LogP contribution in [-0.4, -0.2) is 19.5 Å². The lowest BCUT2D eigenvalue weighted by atomic mass is 10.0. The molecule has 0 saturated carbocycles. The molecule has 0 saturated heterocycles. The molecule has 9 heteroatoms. The van der Waals surface area contributed by atoms with E-state index in [-0.39, 0.29) is 22.4 Å². The van der Waals surface area contributed by atoms with E-state index in [1.807, 2.05) is 0 Å². The first-order chi connectivity index (χ1) is 8.24. The summed E-state index contributed by atoms with van der Waals surface area (Å²) >= 11 is 0. The van der Waals surface area contributed by atoms with Crippen molar-refractivity contribution in [1.82, 2.24) is 0 Å².